The van der Waals surface area contributed by atoms with Gasteiger partial charge in [0.1, 0.15) is 6.10 Å². The Morgan fingerprint density at radius 1 is 0.952 bits per heavy atom. The summed E-state index contributed by atoms with van der Waals surface area (Å²) in [6.45, 7) is 3.51. The zero-order valence-corrected chi connectivity index (χ0v) is 12.8. The summed E-state index contributed by atoms with van der Waals surface area (Å²) in [4.78, 5) is 0.0872. The van der Waals surface area contributed by atoms with Crippen LogP contribution in [0, 0.1) is 13.8 Å². The Morgan fingerprint density at radius 2 is 1.43 bits per heavy atom. The van der Waals surface area contributed by atoms with Crippen LogP contribution < -0.4 is 0 Å². The number of rotatable bonds is 5. The fraction of sp³-hybridized carbons (Fsp3) is 0.250. The average molecular weight is 306 g/mol. The van der Waals surface area contributed by atoms with Gasteiger partial charge in [-0.05, 0) is 31.5 Å². The first-order chi connectivity index (χ1) is 9.88. The van der Waals surface area contributed by atoms with Crippen LogP contribution in [-0.4, -0.2) is 20.1 Å². The van der Waals surface area contributed by atoms with Crippen molar-refractivity contribution in [2.24, 2.45) is 0 Å². The van der Waals surface area contributed by atoms with Crippen LogP contribution in [0.2, 0.25) is 0 Å². The minimum atomic E-state index is -3.85. The SMILES string of the molecule is Cc1ccc([C@@H](O)COS(=O)(=O)c2ccc(C)cc2)cc1. The van der Waals surface area contributed by atoms with Crippen LogP contribution in [0.4, 0.5) is 0 Å². The van der Waals surface area contributed by atoms with Crippen LogP contribution in [0.15, 0.2) is 53.4 Å². The van der Waals surface area contributed by atoms with E-state index < -0.39 is 16.2 Å². The standard InChI is InChI=1S/C16H18O4S/c1-12-3-7-14(8-4-12)16(17)11-20-21(18,19)15-9-5-13(2)6-10-15/h3-10,16-17H,11H2,1-2H3/t16-/m0/s1. The molecule has 0 unspecified atom stereocenters. The van der Waals surface area contributed by atoms with Gasteiger partial charge >= 0.3 is 0 Å². The maximum absolute atomic E-state index is 12.0. The van der Waals surface area contributed by atoms with E-state index in [1.54, 1.807) is 24.3 Å². The molecule has 2 aromatic rings. The second kappa shape index (κ2) is 6.39. The number of aryl methyl sites for hydroxylation is 2. The van der Waals surface area contributed by atoms with E-state index in [1.807, 2.05) is 26.0 Å². The molecule has 112 valence electrons. The molecule has 21 heavy (non-hydrogen) atoms. The Bertz CT molecular complexity index is 688. The third-order valence-electron chi connectivity index (χ3n) is 3.15. The van der Waals surface area contributed by atoms with Gasteiger partial charge in [-0.15, -0.1) is 0 Å². The molecule has 0 amide bonds. The molecule has 0 bridgehead atoms. The second-order valence-electron chi connectivity index (χ2n) is 4.98. The van der Waals surface area contributed by atoms with Crippen molar-refractivity contribution >= 4 is 10.1 Å². The Kier molecular flexibility index (Phi) is 4.77. The minimum Gasteiger partial charge on any atom is -0.386 e. The summed E-state index contributed by atoms with van der Waals surface area (Å²) in [6, 6.07) is 13.6. The Morgan fingerprint density at radius 3 is 1.95 bits per heavy atom. The van der Waals surface area contributed by atoms with Gasteiger partial charge in [0.15, 0.2) is 0 Å². The van der Waals surface area contributed by atoms with Crippen LogP contribution in [0.5, 0.6) is 0 Å². The lowest BCUT2D eigenvalue weighted by molar-refractivity contribution is 0.111. The third kappa shape index (κ3) is 4.14. The van der Waals surface area contributed by atoms with Crippen LogP contribution in [-0.2, 0) is 14.3 Å². The van der Waals surface area contributed by atoms with Gasteiger partial charge in [0.05, 0.1) is 11.5 Å². The number of benzene rings is 2. The maximum Gasteiger partial charge on any atom is 0.297 e. The largest absolute Gasteiger partial charge is 0.386 e. The Labute approximate surface area is 125 Å². The molecule has 2 rings (SSSR count). The summed E-state index contributed by atoms with van der Waals surface area (Å²) in [5.74, 6) is 0. The first-order valence-corrected chi connectivity index (χ1v) is 8.00. The van der Waals surface area contributed by atoms with Gasteiger partial charge in [-0.3, -0.25) is 4.18 Å². The summed E-state index contributed by atoms with van der Waals surface area (Å²) < 4.78 is 28.9. The molecule has 0 heterocycles. The maximum atomic E-state index is 12.0. The highest BCUT2D eigenvalue weighted by Gasteiger charge is 2.18. The molecule has 0 fully saturated rings. The number of aliphatic hydroxyl groups excluding tert-OH is 1. The van der Waals surface area contributed by atoms with Gasteiger partial charge in [-0.25, -0.2) is 0 Å². The van der Waals surface area contributed by atoms with Crippen molar-refractivity contribution in [1.29, 1.82) is 0 Å². The molecule has 0 radical (unpaired) electrons. The summed E-state index contributed by atoms with van der Waals surface area (Å²) in [5, 5.41) is 9.98. The first-order valence-electron chi connectivity index (χ1n) is 6.59. The lowest BCUT2D eigenvalue weighted by atomic mass is 10.1. The van der Waals surface area contributed by atoms with Gasteiger partial charge in [0.25, 0.3) is 10.1 Å². The second-order valence-corrected chi connectivity index (χ2v) is 6.59. The van der Waals surface area contributed by atoms with Crippen LogP contribution in [0.1, 0.15) is 22.8 Å². The summed E-state index contributed by atoms with van der Waals surface area (Å²) in [6.07, 6.45) is -0.981. The molecule has 0 aliphatic heterocycles. The fourth-order valence-corrected chi connectivity index (χ4v) is 2.73. The Hall–Kier alpha value is -1.69. The van der Waals surface area contributed by atoms with Crippen LogP contribution in [0.25, 0.3) is 0 Å². The van der Waals surface area contributed by atoms with Crippen molar-refractivity contribution in [2.75, 3.05) is 6.61 Å². The quantitative estimate of drug-likeness (QED) is 0.863. The average Bonchev–Trinajstić information content (AvgIpc) is 2.46. The normalized spacial score (nSPS) is 13.1. The van der Waals surface area contributed by atoms with Crippen molar-refractivity contribution in [2.45, 2.75) is 24.8 Å². The third-order valence-corrected chi connectivity index (χ3v) is 4.45. The number of aliphatic hydroxyl groups is 1. The van der Waals surface area contributed by atoms with Crippen molar-refractivity contribution < 1.29 is 17.7 Å². The van der Waals surface area contributed by atoms with Gasteiger partial charge < -0.3 is 5.11 Å². The molecule has 0 saturated heterocycles. The smallest absolute Gasteiger partial charge is 0.297 e. The zero-order chi connectivity index (χ0) is 15.5. The first kappa shape index (κ1) is 15.7. The molecule has 5 heteroatoms. The highest BCUT2D eigenvalue weighted by molar-refractivity contribution is 7.86. The van der Waals surface area contributed by atoms with E-state index in [1.165, 1.54) is 12.1 Å². The molecule has 1 atom stereocenters. The van der Waals surface area contributed by atoms with Crippen molar-refractivity contribution in [3.05, 3.63) is 65.2 Å². The topological polar surface area (TPSA) is 63.6 Å². The summed E-state index contributed by atoms with van der Waals surface area (Å²) in [7, 11) is -3.85. The molecule has 1 N–H and O–H groups in total. The Balaban J connectivity index is 2.04. The highest BCUT2D eigenvalue weighted by Crippen LogP contribution is 2.18. The molecule has 0 saturated carbocycles. The molecular formula is C16H18O4S. The molecule has 0 spiro atoms. The molecule has 2 aromatic carbocycles. The lowest BCUT2D eigenvalue weighted by Gasteiger charge is -2.12. The van der Waals surface area contributed by atoms with E-state index in [2.05, 4.69) is 0 Å². The summed E-state index contributed by atoms with van der Waals surface area (Å²) >= 11 is 0. The van der Waals surface area contributed by atoms with E-state index in [0.29, 0.717) is 5.56 Å². The van der Waals surface area contributed by atoms with Crippen molar-refractivity contribution in [1.82, 2.24) is 0 Å². The zero-order valence-electron chi connectivity index (χ0n) is 12.0. The van der Waals surface area contributed by atoms with Crippen molar-refractivity contribution in [3.63, 3.8) is 0 Å². The van der Waals surface area contributed by atoms with E-state index in [0.717, 1.165) is 11.1 Å². The molecule has 4 nitrogen and oxygen atoms in total. The van der Waals surface area contributed by atoms with E-state index >= 15 is 0 Å². The predicted octanol–water partition coefficient (Wildman–Crippen LogP) is 2.74. The molecular weight excluding hydrogens is 288 g/mol. The fourth-order valence-electron chi connectivity index (χ4n) is 1.81. The van der Waals surface area contributed by atoms with Gasteiger partial charge in [0.2, 0.25) is 0 Å². The molecule has 0 aliphatic carbocycles. The minimum absolute atomic E-state index is 0.0872. The van der Waals surface area contributed by atoms with Crippen molar-refractivity contribution in [3.8, 4) is 0 Å². The van der Waals surface area contributed by atoms with E-state index in [-0.39, 0.29) is 11.5 Å². The monoisotopic (exact) mass is 306 g/mol. The predicted molar refractivity (Wildman–Crippen MR) is 80.5 cm³/mol. The van der Waals surface area contributed by atoms with E-state index in [9.17, 15) is 13.5 Å². The molecule has 0 aliphatic rings. The van der Waals surface area contributed by atoms with Gasteiger partial charge in [-0.1, -0.05) is 47.5 Å². The van der Waals surface area contributed by atoms with Crippen LogP contribution >= 0.6 is 0 Å². The summed E-state index contributed by atoms with van der Waals surface area (Å²) in [5.41, 5.74) is 2.66. The van der Waals surface area contributed by atoms with E-state index in [4.69, 9.17) is 4.18 Å². The number of hydrogen-bond donors (Lipinski definition) is 1. The number of hydrogen-bond acceptors (Lipinski definition) is 4. The van der Waals surface area contributed by atoms with Crippen LogP contribution in [0.3, 0.4) is 0 Å². The van der Waals surface area contributed by atoms with Gasteiger partial charge in [0, 0.05) is 0 Å². The molecule has 0 aromatic heterocycles. The lowest BCUT2D eigenvalue weighted by Crippen LogP contribution is -2.13. The van der Waals surface area contributed by atoms with Gasteiger partial charge in [-0.2, -0.15) is 8.42 Å². The highest BCUT2D eigenvalue weighted by atomic mass is 32.2.